The minimum absolute atomic E-state index is 0.144. The first kappa shape index (κ1) is 15.6. The van der Waals surface area contributed by atoms with Crippen molar-refractivity contribution in [2.24, 2.45) is 0 Å². The quantitative estimate of drug-likeness (QED) is 0.761. The molecule has 0 fully saturated rings. The summed E-state index contributed by atoms with van der Waals surface area (Å²) in [7, 11) is 0. The van der Waals surface area contributed by atoms with Crippen LogP contribution in [0.15, 0.2) is 35.2 Å². The van der Waals surface area contributed by atoms with Gasteiger partial charge >= 0.3 is 5.97 Å². The van der Waals surface area contributed by atoms with Gasteiger partial charge in [-0.05, 0) is 26.0 Å². The fourth-order valence-electron chi connectivity index (χ4n) is 2.04. The van der Waals surface area contributed by atoms with Crippen LogP contribution >= 0.6 is 0 Å². The molecule has 0 aliphatic rings. The van der Waals surface area contributed by atoms with Crippen LogP contribution in [0.4, 0.5) is 0 Å². The van der Waals surface area contributed by atoms with E-state index in [1.54, 1.807) is 13.1 Å². The Morgan fingerprint density at radius 2 is 2.00 bits per heavy atom. The molecule has 0 unspecified atom stereocenters. The SMILES string of the molecule is Cc1ccc(-c2noc(C)c2COc2cnc(C(=O)O)cn2)cn1. The molecular weight excluding hydrogens is 312 g/mol. The van der Waals surface area contributed by atoms with Crippen molar-refractivity contribution >= 4 is 5.97 Å². The zero-order chi connectivity index (χ0) is 17.1. The van der Waals surface area contributed by atoms with Crippen molar-refractivity contribution in [2.75, 3.05) is 0 Å². The average Bonchev–Trinajstić information content (AvgIpc) is 2.95. The summed E-state index contributed by atoms with van der Waals surface area (Å²) in [4.78, 5) is 22.7. The lowest BCUT2D eigenvalue weighted by molar-refractivity contribution is 0.0689. The normalized spacial score (nSPS) is 10.6. The highest BCUT2D eigenvalue weighted by Gasteiger charge is 2.16. The molecule has 0 saturated carbocycles. The molecule has 3 heterocycles. The van der Waals surface area contributed by atoms with Gasteiger partial charge in [-0.15, -0.1) is 0 Å². The van der Waals surface area contributed by atoms with Gasteiger partial charge in [0.2, 0.25) is 5.88 Å². The molecule has 1 N–H and O–H groups in total. The monoisotopic (exact) mass is 326 g/mol. The van der Waals surface area contributed by atoms with E-state index < -0.39 is 5.97 Å². The maximum atomic E-state index is 10.8. The highest BCUT2D eigenvalue weighted by Crippen LogP contribution is 2.25. The van der Waals surface area contributed by atoms with Gasteiger partial charge in [0.25, 0.3) is 0 Å². The van der Waals surface area contributed by atoms with Crippen molar-refractivity contribution in [3.8, 4) is 17.1 Å². The van der Waals surface area contributed by atoms with Crippen LogP contribution in [0.3, 0.4) is 0 Å². The molecule has 3 aromatic rings. The molecule has 8 nitrogen and oxygen atoms in total. The van der Waals surface area contributed by atoms with Crippen molar-refractivity contribution < 1.29 is 19.2 Å². The van der Waals surface area contributed by atoms with E-state index in [1.165, 1.54) is 6.20 Å². The van der Waals surface area contributed by atoms with E-state index in [4.69, 9.17) is 14.4 Å². The highest BCUT2D eigenvalue weighted by molar-refractivity contribution is 5.84. The van der Waals surface area contributed by atoms with Crippen molar-refractivity contribution in [2.45, 2.75) is 20.5 Å². The largest absolute Gasteiger partial charge is 0.476 e. The maximum absolute atomic E-state index is 10.8. The molecule has 0 aliphatic carbocycles. The first-order valence-electron chi connectivity index (χ1n) is 7.11. The molecule has 0 aromatic carbocycles. The number of ether oxygens (including phenoxy) is 1. The first-order valence-corrected chi connectivity index (χ1v) is 7.11. The van der Waals surface area contributed by atoms with Crippen LogP contribution in [0.2, 0.25) is 0 Å². The molecule has 0 atom stereocenters. The highest BCUT2D eigenvalue weighted by atomic mass is 16.5. The number of aryl methyl sites for hydroxylation is 2. The number of carboxylic acid groups (broad SMARTS) is 1. The smallest absolute Gasteiger partial charge is 0.356 e. The second-order valence-electron chi connectivity index (χ2n) is 5.09. The van der Waals surface area contributed by atoms with Crippen LogP contribution < -0.4 is 4.74 Å². The Balaban J connectivity index is 1.79. The Morgan fingerprint density at radius 3 is 2.62 bits per heavy atom. The summed E-state index contributed by atoms with van der Waals surface area (Å²) in [6, 6.07) is 3.80. The molecule has 24 heavy (non-hydrogen) atoms. The van der Waals surface area contributed by atoms with Gasteiger partial charge in [-0.1, -0.05) is 5.16 Å². The molecule has 0 spiro atoms. The number of aromatic nitrogens is 4. The molecule has 0 saturated heterocycles. The Hall–Kier alpha value is -3.29. The molecule has 3 rings (SSSR count). The third kappa shape index (κ3) is 3.22. The summed E-state index contributed by atoms with van der Waals surface area (Å²) in [5.74, 6) is -0.299. The summed E-state index contributed by atoms with van der Waals surface area (Å²) in [5.41, 5.74) is 3.00. The summed E-state index contributed by atoms with van der Waals surface area (Å²) in [6.45, 7) is 3.86. The zero-order valence-corrected chi connectivity index (χ0v) is 13.1. The number of hydrogen-bond acceptors (Lipinski definition) is 7. The van der Waals surface area contributed by atoms with Crippen molar-refractivity contribution in [3.05, 3.63) is 53.4 Å². The van der Waals surface area contributed by atoms with Crippen LogP contribution in [0.25, 0.3) is 11.3 Å². The number of aromatic carboxylic acids is 1. The number of carbonyl (C=O) groups is 1. The van der Waals surface area contributed by atoms with Gasteiger partial charge in [0.15, 0.2) is 5.69 Å². The molecule has 0 radical (unpaired) electrons. The minimum Gasteiger partial charge on any atom is -0.476 e. The average molecular weight is 326 g/mol. The molecule has 0 aliphatic heterocycles. The van der Waals surface area contributed by atoms with Crippen LogP contribution in [-0.2, 0) is 6.61 Å². The topological polar surface area (TPSA) is 111 Å². The van der Waals surface area contributed by atoms with Crippen LogP contribution in [0.5, 0.6) is 5.88 Å². The predicted molar refractivity (Wildman–Crippen MR) is 82.5 cm³/mol. The summed E-state index contributed by atoms with van der Waals surface area (Å²) in [5, 5.41) is 12.9. The first-order chi connectivity index (χ1) is 11.5. The summed E-state index contributed by atoms with van der Waals surface area (Å²) in [6.07, 6.45) is 4.12. The third-order valence-corrected chi connectivity index (χ3v) is 3.38. The molecule has 8 heteroatoms. The lowest BCUT2D eigenvalue weighted by Crippen LogP contribution is -2.04. The van der Waals surface area contributed by atoms with Crippen LogP contribution in [0.1, 0.15) is 27.5 Å². The van der Waals surface area contributed by atoms with Gasteiger partial charge in [0.05, 0.1) is 18.0 Å². The fraction of sp³-hybridized carbons (Fsp3) is 0.188. The van der Waals surface area contributed by atoms with Crippen molar-refractivity contribution in [1.29, 1.82) is 0 Å². The van der Waals surface area contributed by atoms with E-state index in [2.05, 4.69) is 20.1 Å². The Bertz CT molecular complexity index is 857. The van der Waals surface area contributed by atoms with E-state index in [9.17, 15) is 4.79 Å². The number of nitrogens with zero attached hydrogens (tertiary/aromatic N) is 4. The van der Waals surface area contributed by atoms with Gasteiger partial charge in [-0.2, -0.15) is 0 Å². The standard InChI is InChI=1S/C16H14N4O4/c1-9-3-4-11(5-17-9)15-12(10(2)24-20-15)8-23-14-7-18-13(6-19-14)16(21)22/h3-7H,8H2,1-2H3,(H,21,22). The van der Waals surface area contributed by atoms with Crippen molar-refractivity contribution in [3.63, 3.8) is 0 Å². The Morgan fingerprint density at radius 1 is 1.17 bits per heavy atom. The zero-order valence-electron chi connectivity index (χ0n) is 13.1. The number of pyridine rings is 1. The molecule has 122 valence electrons. The second-order valence-corrected chi connectivity index (χ2v) is 5.09. The third-order valence-electron chi connectivity index (χ3n) is 3.38. The summed E-state index contributed by atoms with van der Waals surface area (Å²) < 4.78 is 10.8. The molecular formula is C16H14N4O4. The van der Waals surface area contributed by atoms with E-state index in [0.29, 0.717) is 11.5 Å². The van der Waals surface area contributed by atoms with Gasteiger partial charge in [-0.25, -0.2) is 14.8 Å². The van der Waals surface area contributed by atoms with Crippen molar-refractivity contribution in [1.82, 2.24) is 20.1 Å². The van der Waals surface area contributed by atoms with E-state index >= 15 is 0 Å². The van der Waals surface area contributed by atoms with Gasteiger partial charge in [0, 0.05) is 17.5 Å². The lowest BCUT2D eigenvalue weighted by Gasteiger charge is -2.06. The Kier molecular flexibility index (Phi) is 4.19. The predicted octanol–water partition coefficient (Wildman–Crippen LogP) is 2.42. The fourth-order valence-corrected chi connectivity index (χ4v) is 2.04. The summed E-state index contributed by atoms with van der Waals surface area (Å²) >= 11 is 0. The number of carboxylic acids is 1. The van der Waals surface area contributed by atoms with Crippen LogP contribution in [0, 0.1) is 13.8 Å². The second kappa shape index (κ2) is 6.45. The van der Waals surface area contributed by atoms with Crippen LogP contribution in [-0.4, -0.2) is 31.2 Å². The van der Waals surface area contributed by atoms with Gasteiger partial charge in [0.1, 0.15) is 18.1 Å². The van der Waals surface area contributed by atoms with Gasteiger partial charge < -0.3 is 14.4 Å². The van der Waals surface area contributed by atoms with E-state index in [1.807, 2.05) is 19.1 Å². The van der Waals surface area contributed by atoms with Gasteiger partial charge in [-0.3, -0.25) is 4.98 Å². The minimum atomic E-state index is -1.14. The number of hydrogen-bond donors (Lipinski definition) is 1. The van der Waals surface area contributed by atoms with E-state index in [-0.39, 0.29) is 18.2 Å². The Labute approximate surface area is 137 Å². The van der Waals surface area contributed by atoms with E-state index in [0.717, 1.165) is 23.0 Å². The molecule has 3 aromatic heterocycles. The maximum Gasteiger partial charge on any atom is 0.356 e. The molecule has 0 amide bonds. The molecule has 0 bridgehead atoms. The lowest BCUT2D eigenvalue weighted by atomic mass is 10.1. The number of rotatable bonds is 5.